The van der Waals surface area contributed by atoms with Crippen LogP contribution >= 0.6 is 0 Å². The normalized spacial score (nSPS) is 34.5. The second-order valence-electron chi connectivity index (χ2n) is 9.60. The Morgan fingerprint density at radius 1 is 1.21 bits per heavy atom. The van der Waals surface area contributed by atoms with Gasteiger partial charge in [-0.05, 0) is 73.8 Å². The summed E-state index contributed by atoms with van der Waals surface area (Å²) in [4.78, 5) is 4.70. The van der Waals surface area contributed by atoms with Gasteiger partial charge in [0, 0.05) is 18.2 Å². The molecule has 0 saturated heterocycles. The van der Waals surface area contributed by atoms with Gasteiger partial charge in [0.05, 0.1) is 17.2 Å². The minimum Gasteiger partial charge on any atom is -0.493 e. The zero-order chi connectivity index (χ0) is 19.8. The van der Waals surface area contributed by atoms with Crippen LogP contribution in [0.15, 0.2) is 28.4 Å². The molecule has 0 spiro atoms. The third-order valence-corrected chi connectivity index (χ3v) is 7.22. The lowest BCUT2D eigenvalue weighted by Crippen LogP contribution is -2.62. The molecule has 2 heterocycles. The maximum absolute atomic E-state index is 11.0. The Bertz CT molecular complexity index is 1150. The highest BCUT2D eigenvalue weighted by Crippen LogP contribution is 2.58. The summed E-state index contributed by atoms with van der Waals surface area (Å²) in [5.74, 6) is 1.98. The number of fused-ring (bicyclic) bond motifs is 1. The number of nitrogens with zero attached hydrogens (tertiary/aromatic N) is 4. The van der Waals surface area contributed by atoms with E-state index in [-0.39, 0.29) is 11.4 Å². The highest BCUT2D eigenvalue weighted by atomic mass is 16.3. The minimum atomic E-state index is -0.531. The predicted octanol–water partition coefficient (Wildman–Crippen LogP) is 1.42. The van der Waals surface area contributed by atoms with E-state index in [0.717, 1.165) is 48.2 Å². The fraction of sp³-hybridized carbons (Fsp3) is 0.500. The lowest BCUT2D eigenvalue weighted by molar-refractivity contribution is -0.128. The van der Waals surface area contributed by atoms with E-state index < -0.39 is 5.60 Å². The van der Waals surface area contributed by atoms with Crippen LogP contribution in [0.1, 0.15) is 49.8 Å². The molecule has 5 aliphatic rings. The number of anilines is 1. The number of aliphatic hydroxyl groups is 1. The smallest absolute Gasteiger partial charge is 0.220 e. The molecular formula is C22H25N5O2. The lowest BCUT2D eigenvalue weighted by Gasteiger charge is -2.60. The molecule has 1 aromatic heterocycles. The van der Waals surface area contributed by atoms with Crippen molar-refractivity contribution in [3.05, 3.63) is 40.0 Å². The lowest BCUT2D eigenvalue weighted by atomic mass is 9.51. The van der Waals surface area contributed by atoms with Crippen LogP contribution in [0.2, 0.25) is 0 Å². The van der Waals surface area contributed by atoms with Gasteiger partial charge in [0.1, 0.15) is 5.69 Å². The largest absolute Gasteiger partial charge is 0.493 e. The third kappa shape index (κ3) is 2.71. The molecule has 2 aromatic rings. The van der Waals surface area contributed by atoms with E-state index in [1.54, 1.807) is 10.8 Å². The van der Waals surface area contributed by atoms with Crippen molar-refractivity contribution in [3.8, 4) is 5.88 Å². The highest BCUT2D eigenvalue weighted by Gasteiger charge is 2.57. The molecule has 4 aliphatic carbocycles. The monoisotopic (exact) mass is 391 g/mol. The molecule has 4 saturated carbocycles. The van der Waals surface area contributed by atoms with Crippen LogP contribution in [0.3, 0.4) is 0 Å². The molecule has 1 aliphatic heterocycles. The summed E-state index contributed by atoms with van der Waals surface area (Å²) in [7, 11) is 1.82. The van der Waals surface area contributed by atoms with Gasteiger partial charge in [-0.1, -0.05) is 6.07 Å². The Balaban J connectivity index is 1.34. The van der Waals surface area contributed by atoms with Gasteiger partial charge in [0.2, 0.25) is 11.8 Å². The first-order chi connectivity index (χ1) is 13.9. The SMILES string of the molecule is Cn1c(NC23CC4CC(CC(O)(C4)C2)C3)nc(C=c2ccc3c(c2)C=NN=3)c1O. The van der Waals surface area contributed by atoms with Crippen LogP contribution in [0, 0.1) is 11.8 Å². The molecule has 150 valence electrons. The quantitative estimate of drug-likeness (QED) is 0.737. The highest BCUT2D eigenvalue weighted by molar-refractivity contribution is 5.80. The number of rotatable bonds is 3. The minimum absolute atomic E-state index is 0.118. The molecule has 0 amide bonds. The molecule has 7 nitrogen and oxygen atoms in total. The van der Waals surface area contributed by atoms with Crippen LogP contribution < -0.4 is 15.9 Å². The molecule has 29 heavy (non-hydrogen) atoms. The average molecular weight is 391 g/mol. The van der Waals surface area contributed by atoms with Gasteiger partial charge in [0.25, 0.3) is 0 Å². The van der Waals surface area contributed by atoms with E-state index in [2.05, 4.69) is 15.5 Å². The summed E-state index contributed by atoms with van der Waals surface area (Å²) in [6.07, 6.45) is 9.64. The van der Waals surface area contributed by atoms with Crippen molar-refractivity contribution in [3.63, 3.8) is 0 Å². The maximum atomic E-state index is 11.0. The number of aromatic hydroxyl groups is 1. The maximum Gasteiger partial charge on any atom is 0.220 e. The Kier molecular flexibility index (Phi) is 3.38. The Morgan fingerprint density at radius 3 is 2.76 bits per heavy atom. The molecule has 4 bridgehead atoms. The summed E-state index contributed by atoms with van der Waals surface area (Å²) in [6, 6.07) is 5.86. The van der Waals surface area contributed by atoms with Crippen LogP contribution in [0.5, 0.6) is 5.88 Å². The second kappa shape index (κ2) is 5.69. The number of nitrogens with one attached hydrogen (secondary N) is 1. The molecule has 7 heteroatoms. The van der Waals surface area contributed by atoms with Crippen molar-refractivity contribution in [1.82, 2.24) is 9.55 Å². The van der Waals surface area contributed by atoms with E-state index in [4.69, 9.17) is 4.98 Å². The first kappa shape index (κ1) is 17.2. The molecule has 7 rings (SSSR count). The first-order valence-electron chi connectivity index (χ1n) is 10.4. The summed E-state index contributed by atoms with van der Waals surface area (Å²) >= 11 is 0. The van der Waals surface area contributed by atoms with Gasteiger partial charge in [-0.3, -0.25) is 4.57 Å². The van der Waals surface area contributed by atoms with E-state index >= 15 is 0 Å². The summed E-state index contributed by atoms with van der Waals surface area (Å²) in [5, 5.41) is 35.1. The number of imidazole rings is 1. The van der Waals surface area contributed by atoms with Crippen molar-refractivity contribution in [2.45, 2.75) is 49.7 Å². The Labute approximate surface area is 168 Å². The zero-order valence-corrected chi connectivity index (χ0v) is 16.5. The van der Waals surface area contributed by atoms with Gasteiger partial charge >= 0.3 is 0 Å². The van der Waals surface area contributed by atoms with Crippen molar-refractivity contribution >= 4 is 18.2 Å². The van der Waals surface area contributed by atoms with Crippen molar-refractivity contribution in [1.29, 1.82) is 0 Å². The first-order valence-corrected chi connectivity index (χ1v) is 10.4. The van der Waals surface area contributed by atoms with Crippen LogP contribution in [-0.4, -0.2) is 37.1 Å². The van der Waals surface area contributed by atoms with Crippen LogP contribution in [0.25, 0.3) is 6.08 Å². The second-order valence-corrected chi connectivity index (χ2v) is 9.60. The number of benzene rings is 1. The number of aromatic nitrogens is 2. The van der Waals surface area contributed by atoms with E-state index in [9.17, 15) is 10.2 Å². The number of hydrogen-bond acceptors (Lipinski definition) is 6. The summed E-state index contributed by atoms with van der Waals surface area (Å²) in [6.45, 7) is 0. The van der Waals surface area contributed by atoms with Crippen LogP contribution in [0.4, 0.5) is 5.95 Å². The molecule has 3 N–H and O–H groups in total. The molecule has 2 atom stereocenters. The van der Waals surface area contributed by atoms with Gasteiger partial charge in [0.15, 0.2) is 0 Å². The van der Waals surface area contributed by atoms with Gasteiger partial charge < -0.3 is 15.5 Å². The molecule has 1 aromatic carbocycles. The van der Waals surface area contributed by atoms with Gasteiger partial charge in [-0.2, -0.15) is 10.2 Å². The Morgan fingerprint density at radius 2 is 2.00 bits per heavy atom. The van der Waals surface area contributed by atoms with Crippen molar-refractivity contribution in [2.75, 3.05) is 5.32 Å². The van der Waals surface area contributed by atoms with E-state index in [1.165, 1.54) is 6.42 Å². The third-order valence-electron chi connectivity index (χ3n) is 7.22. The fourth-order valence-electron chi connectivity index (χ4n) is 6.49. The molecule has 0 radical (unpaired) electrons. The summed E-state index contributed by atoms with van der Waals surface area (Å²) < 4.78 is 1.71. The van der Waals surface area contributed by atoms with Crippen molar-refractivity contribution < 1.29 is 10.2 Å². The fourth-order valence-corrected chi connectivity index (χ4v) is 6.49. The standard InChI is InChI=1S/C22H25N5O2/c1-27-19(28)18(6-13-2-3-17-16(5-13)11-23-26-17)24-20(27)25-21-7-14-4-15(8-21)10-22(29,9-14)12-21/h2-3,5-6,11,14-15,28-29H,4,7-10,12H2,1H3,(H,24,25). The van der Waals surface area contributed by atoms with Gasteiger partial charge in [-0.15, -0.1) is 0 Å². The number of hydrogen-bond donors (Lipinski definition) is 3. The molecule has 4 fully saturated rings. The Hall–Kier alpha value is -2.67. The topological polar surface area (TPSA) is 95.0 Å². The molecular weight excluding hydrogens is 366 g/mol. The van der Waals surface area contributed by atoms with E-state index in [0.29, 0.717) is 23.5 Å². The van der Waals surface area contributed by atoms with Crippen LogP contribution in [-0.2, 0) is 7.05 Å². The zero-order valence-electron chi connectivity index (χ0n) is 16.5. The summed E-state index contributed by atoms with van der Waals surface area (Å²) in [5.41, 5.74) is 0.850. The van der Waals surface area contributed by atoms with E-state index in [1.807, 2.05) is 31.3 Å². The molecule has 2 unspecified atom stereocenters. The van der Waals surface area contributed by atoms with Gasteiger partial charge in [-0.25, -0.2) is 4.98 Å². The average Bonchev–Trinajstić information content (AvgIpc) is 3.20. The van der Waals surface area contributed by atoms with Crippen molar-refractivity contribution in [2.24, 2.45) is 29.1 Å². The predicted molar refractivity (Wildman–Crippen MR) is 109 cm³/mol.